The molecule has 298 valence electrons. The number of rotatable bonds is 4. The number of aryl methyl sites for hydroxylation is 1. The van der Waals surface area contributed by atoms with Crippen LogP contribution in [0.5, 0.6) is 6.01 Å². The Morgan fingerprint density at radius 2 is 1.89 bits per heavy atom. The van der Waals surface area contributed by atoms with Gasteiger partial charge in [0.1, 0.15) is 12.0 Å². The number of nitrogens with zero attached hydrogens (tertiary/aromatic N) is 7. The average Bonchev–Trinajstić information content (AvgIpc) is 3.78. The standard InChI is InChI=1S/C30H32ClF4N7O4.C7H12FN/c1-44-28-37-19-11-21(22-17(30(33,34)35)3-4-18(36)24(22)32)46-13-16(19)26(38-28)40-7-2-8-42-20(12-40)23(31)25(39-42)27(43)41-14-29(15-41)5-9-45-10-6-29;8-6-4-7-2-1-3-9(7)5-6/h3-4,21H,2,5-15,36H2,1H3;6-7H,1-5H2. The Morgan fingerprint density at radius 3 is 2.62 bits per heavy atom. The van der Waals surface area contributed by atoms with Crippen LogP contribution in [0.25, 0.3) is 0 Å². The van der Waals surface area contributed by atoms with E-state index in [0.717, 1.165) is 37.9 Å². The highest BCUT2D eigenvalue weighted by Crippen LogP contribution is 2.44. The predicted molar refractivity (Wildman–Crippen MR) is 191 cm³/mol. The number of carbonyl (C=O) groups excluding carboxylic acids is 1. The van der Waals surface area contributed by atoms with Gasteiger partial charge in [0.15, 0.2) is 11.5 Å². The van der Waals surface area contributed by atoms with Gasteiger partial charge in [-0.2, -0.15) is 28.2 Å². The van der Waals surface area contributed by atoms with E-state index in [-0.39, 0.29) is 47.6 Å². The summed E-state index contributed by atoms with van der Waals surface area (Å²) in [5.41, 5.74) is 5.28. The highest BCUT2D eigenvalue weighted by atomic mass is 35.5. The normalized spacial score (nSPS) is 24.7. The lowest BCUT2D eigenvalue weighted by Crippen LogP contribution is -2.60. The molecule has 55 heavy (non-hydrogen) atoms. The van der Waals surface area contributed by atoms with Crippen molar-refractivity contribution in [2.75, 3.05) is 63.7 Å². The van der Waals surface area contributed by atoms with Crippen LogP contribution in [-0.2, 0) is 41.8 Å². The summed E-state index contributed by atoms with van der Waals surface area (Å²) in [6.45, 7) is 5.67. The smallest absolute Gasteiger partial charge is 0.416 e. The SMILES string of the molecule is COc1nc2c(c(N3CCCn4nc(C(=O)N5CC6(CCOCC6)C5)c(Cl)c4C3)n1)COC(c1c(C(F)(F)F)ccc(N)c1F)C2.FC1CC2CCCN2C1. The lowest BCUT2D eigenvalue weighted by molar-refractivity contribution is -0.140. The number of anilines is 2. The maximum atomic E-state index is 15.1. The molecule has 8 heterocycles. The molecular formula is C37H44ClF5N8O4. The molecule has 18 heteroatoms. The second kappa shape index (κ2) is 14.9. The largest absolute Gasteiger partial charge is 0.467 e. The fourth-order valence-corrected chi connectivity index (χ4v) is 9.22. The molecule has 0 saturated carbocycles. The number of aromatic nitrogens is 4. The van der Waals surface area contributed by atoms with Crippen molar-refractivity contribution in [1.29, 1.82) is 0 Å². The van der Waals surface area contributed by atoms with E-state index in [0.29, 0.717) is 81.2 Å². The Kier molecular flexibility index (Phi) is 10.3. The minimum atomic E-state index is -4.82. The van der Waals surface area contributed by atoms with Crippen molar-refractivity contribution in [2.24, 2.45) is 5.41 Å². The summed E-state index contributed by atoms with van der Waals surface area (Å²) in [6.07, 6.45) is -0.983. The first-order valence-electron chi connectivity index (χ1n) is 18.8. The monoisotopic (exact) mass is 794 g/mol. The number of halogens is 6. The quantitative estimate of drug-likeness (QED) is 0.258. The number of benzene rings is 1. The zero-order valence-corrected chi connectivity index (χ0v) is 31.3. The van der Waals surface area contributed by atoms with E-state index in [4.69, 9.17) is 31.5 Å². The number of carbonyl (C=O) groups is 1. The van der Waals surface area contributed by atoms with Crippen LogP contribution in [0, 0.1) is 11.2 Å². The van der Waals surface area contributed by atoms with Crippen LogP contribution in [0.3, 0.4) is 0 Å². The van der Waals surface area contributed by atoms with Crippen LogP contribution in [0.4, 0.5) is 33.5 Å². The molecule has 3 aromatic rings. The van der Waals surface area contributed by atoms with Gasteiger partial charge in [0.05, 0.1) is 54.0 Å². The number of ether oxygens (including phenoxy) is 3. The molecule has 1 spiro atoms. The zero-order chi connectivity index (χ0) is 38.6. The summed E-state index contributed by atoms with van der Waals surface area (Å²) in [7, 11) is 1.38. The first-order valence-corrected chi connectivity index (χ1v) is 19.2. The van der Waals surface area contributed by atoms with E-state index >= 15 is 4.39 Å². The fraction of sp³-hybridized carbons (Fsp3) is 0.622. The van der Waals surface area contributed by atoms with Gasteiger partial charge in [-0.25, -0.2) is 8.78 Å². The van der Waals surface area contributed by atoms with E-state index in [2.05, 4.69) is 20.0 Å². The maximum absolute atomic E-state index is 15.1. The zero-order valence-electron chi connectivity index (χ0n) is 30.5. The molecule has 0 aliphatic carbocycles. The summed E-state index contributed by atoms with van der Waals surface area (Å²) in [5, 5.41) is 4.88. The van der Waals surface area contributed by atoms with E-state index in [1.165, 1.54) is 20.0 Å². The van der Waals surface area contributed by atoms with Gasteiger partial charge in [-0.1, -0.05) is 11.6 Å². The Labute approximate surface area is 320 Å². The minimum Gasteiger partial charge on any atom is -0.467 e. The van der Waals surface area contributed by atoms with Gasteiger partial charge in [-0.3, -0.25) is 14.4 Å². The fourth-order valence-electron chi connectivity index (χ4n) is 8.94. The van der Waals surface area contributed by atoms with Crippen LogP contribution in [0.15, 0.2) is 12.1 Å². The second-order valence-electron chi connectivity index (χ2n) is 15.4. The highest BCUT2D eigenvalue weighted by molar-refractivity contribution is 6.34. The summed E-state index contributed by atoms with van der Waals surface area (Å²) in [4.78, 5) is 28.4. The lowest BCUT2D eigenvalue weighted by Gasteiger charge is -2.51. The molecule has 2 N–H and O–H groups in total. The molecule has 4 saturated heterocycles. The van der Waals surface area contributed by atoms with Crippen molar-refractivity contribution < 1.29 is 41.0 Å². The molecule has 9 rings (SSSR count). The molecule has 12 nitrogen and oxygen atoms in total. The predicted octanol–water partition coefficient (Wildman–Crippen LogP) is 5.74. The topological polar surface area (TPSA) is 124 Å². The number of methoxy groups -OCH3 is 1. The molecule has 1 aromatic carbocycles. The van der Waals surface area contributed by atoms with Gasteiger partial charge < -0.3 is 29.7 Å². The van der Waals surface area contributed by atoms with Crippen LogP contribution in [0.1, 0.15) is 83.2 Å². The lowest BCUT2D eigenvalue weighted by atomic mass is 9.73. The van der Waals surface area contributed by atoms with Crippen LogP contribution in [-0.4, -0.2) is 101 Å². The summed E-state index contributed by atoms with van der Waals surface area (Å²) in [5.74, 6) is -0.930. The van der Waals surface area contributed by atoms with Gasteiger partial charge in [0.2, 0.25) is 0 Å². The average molecular weight is 795 g/mol. The third kappa shape index (κ3) is 7.32. The van der Waals surface area contributed by atoms with Crippen LogP contribution < -0.4 is 15.4 Å². The third-order valence-electron chi connectivity index (χ3n) is 11.9. The number of hydrogen-bond donors (Lipinski definition) is 1. The molecular weight excluding hydrogens is 751 g/mol. The summed E-state index contributed by atoms with van der Waals surface area (Å²) in [6, 6.07) is 2.26. The molecule has 6 aliphatic rings. The first-order chi connectivity index (χ1) is 26.3. The highest BCUT2D eigenvalue weighted by Gasteiger charge is 2.47. The van der Waals surface area contributed by atoms with Crippen molar-refractivity contribution in [1.82, 2.24) is 29.5 Å². The molecule has 2 aromatic heterocycles. The van der Waals surface area contributed by atoms with E-state index < -0.39 is 41.1 Å². The molecule has 1 amide bonds. The molecule has 3 atom stereocenters. The Bertz CT molecular complexity index is 1920. The third-order valence-corrected chi connectivity index (χ3v) is 12.3. The van der Waals surface area contributed by atoms with Gasteiger partial charge in [-0.05, 0) is 57.2 Å². The minimum absolute atomic E-state index is 0.00182. The first kappa shape index (κ1) is 38.1. The van der Waals surface area contributed by atoms with Crippen molar-refractivity contribution in [3.8, 4) is 6.01 Å². The molecule has 0 bridgehead atoms. The van der Waals surface area contributed by atoms with E-state index in [1.54, 1.807) is 9.58 Å². The van der Waals surface area contributed by atoms with Crippen molar-refractivity contribution in [3.05, 3.63) is 56.7 Å². The van der Waals surface area contributed by atoms with E-state index in [1.807, 2.05) is 4.90 Å². The van der Waals surface area contributed by atoms with Gasteiger partial charge in [0.25, 0.3) is 5.91 Å². The van der Waals surface area contributed by atoms with Crippen molar-refractivity contribution >= 4 is 29.0 Å². The number of nitrogen functional groups attached to an aromatic ring is 1. The number of alkyl halides is 4. The van der Waals surface area contributed by atoms with Gasteiger partial charge >= 0.3 is 12.2 Å². The van der Waals surface area contributed by atoms with Crippen molar-refractivity contribution in [3.63, 3.8) is 0 Å². The Morgan fingerprint density at radius 1 is 1.11 bits per heavy atom. The number of nitrogens with two attached hydrogens (primary N) is 1. The van der Waals surface area contributed by atoms with Crippen molar-refractivity contribution in [2.45, 2.75) is 89.1 Å². The molecule has 6 aliphatic heterocycles. The number of likely N-dealkylation sites (tertiary alicyclic amines) is 1. The molecule has 0 radical (unpaired) electrons. The van der Waals surface area contributed by atoms with Crippen LogP contribution >= 0.6 is 11.6 Å². The maximum Gasteiger partial charge on any atom is 0.416 e. The summed E-state index contributed by atoms with van der Waals surface area (Å²) < 4.78 is 87.8. The number of hydrogen-bond acceptors (Lipinski definition) is 10. The Hall–Kier alpha value is -3.80. The number of amides is 1. The second-order valence-corrected chi connectivity index (χ2v) is 15.8. The van der Waals surface area contributed by atoms with E-state index in [9.17, 15) is 22.4 Å². The summed E-state index contributed by atoms with van der Waals surface area (Å²) >= 11 is 6.84. The number of fused-ring (bicyclic) bond motifs is 3. The van der Waals surface area contributed by atoms with Gasteiger partial charge in [0, 0.05) is 74.9 Å². The molecule has 4 fully saturated rings. The van der Waals surface area contributed by atoms with Gasteiger partial charge in [-0.15, -0.1) is 0 Å². The molecule has 3 unspecified atom stereocenters. The Balaban J connectivity index is 0.000000413. The van der Waals surface area contributed by atoms with Crippen LogP contribution in [0.2, 0.25) is 5.02 Å².